The monoisotopic (exact) mass is 394 g/mol. The van der Waals surface area contributed by atoms with Crippen LogP contribution < -0.4 is 0 Å². The lowest BCUT2D eigenvalue weighted by Crippen LogP contribution is -2.31. The van der Waals surface area contributed by atoms with Crippen LogP contribution in [0.15, 0.2) is 54.6 Å². The van der Waals surface area contributed by atoms with Gasteiger partial charge in [-0.05, 0) is 69.2 Å². The molecular formula is C26H35FN2. The first kappa shape index (κ1) is 23.1. The number of hydrogen-bond acceptors (Lipinski definition) is 2. The zero-order valence-electron chi connectivity index (χ0n) is 18.2. The summed E-state index contributed by atoms with van der Waals surface area (Å²) in [6.07, 6.45) is 5.46. The van der Waals surface area contributed by atoms with Crippen molar-refractivity contribution < 1.29 is 4.39 Å². The molecule has 156 valence electrons. The van der Waals surface area contributed by atoms with Crippen LogP contribution in [0.4, 0.5) is 4.39 Å². The van der Waals surface area contributed by atoms with Gasteiger partial charge >= 0.3 is 0 Å². The predicted molar refractivity (Wildman–Crippen MR) is 120 cm³/mol. The predicted octanol–water partition coefficient (Wildman–Crippen LogP) is 6.32. The maximum atomic E-state index is 13.9. The van der Waals surface area contributed by atoms with Crippen molar-refractivity contribution >= 4 is 0 Å². The quantitative estimate of drug-likeness (QED) is 0.524. The summed E-state index contributed by atoms with van der Waals surface area (Å²) in [7, 11) is 2.22. The molecular weight excluding hydrogens is 359 g/mol. The Morgan fingerprint density at radius 3 is 2.24 bits per heavy atom. The van der Waals surface area contributed by atoms with E-state index in [-0.39, 0.29) is 5.92 Å². The van der Waals surface area contributed by atoms with Gasteiger partial charge in [0.2, 0.25) is 0 Å². The summed E-state index contributed by atoms with van der Waals surface area (Å²) < 4.78 is 13.9. The Labute approximate surface area is 176 Å². The molecule has 0 radical (unpaired) electrons. The van der Waals surface area contributed by atoms with Crippen molar-refractivity contribution in [2.45, 2.75) is 70.5 Å². The third-order valence-corrected chi connectivity index (χ3v) is 6.04. The van der Waals surface area contributed by atoms with E-state index in [0.717, 1.165) is 45.1 Å². The number of halogens is 1. The van der Waals surface area contributed by atoms with E-state index in [1.54, 1.807) is 6.07 Å². The largest absolute Gasteiger partial charge is 0.303 e. The van der Waals surface area contributed by atoms with Crippen LogP contribution in [0.1, 0.15) is 62.1 Å². The van der Waals surface area contributed by atoms with Gasteiger partial charge in [0.25, 0.3) is 0 Å². The van der Waals surface area contributed by atoms with Crippen molar-refractivity contribution in [1.82, 2.24) is 4.90 Å². The Morgan fingerprint density at radius 1 is 1.03 bits per heavy atom. The number of rotatable bonds is 8. The van der Waals surface area contributed by atoms with E-state index in [1.165, 1.54) is 23.6 Å². The first-order valence-electron chi connectivity index (χ1n) is 10.8. The van der Waals surface area contributed by atoms with Crippen LogP contribution >= 0.6 is 0 Å². The highest BCUT2D eigenvalue weighted by Gasteiger charge is 2.28. The molecule has 29 heavy (non-hydrogen) atoms. The molecule has 0 heterocycles. The Kier molecular flexibility index (Phi) is 9.88. The number of alkyl halides is 1. The molecule has 0 bridgehead atoms. The molecule has 0 saturated heterocycles. The van der Waals surface area contributed by atoms with Crippen LogP contribution in [-0.4, -0.2) is 30.7 Å². The average Bonchev–Trinajstić information content (AvgIpc) is 3.18. The second-order valence-corrected chi connectivity index (χ2v) is 8.12. The second-order valence-electron chi connectivity index (χ2n) is 8.12. The van der Waals surface area contributed by atoms with Crippen molar-refractivity contribution in [3.05, 3.63) is 71.3 Å². The third kappa shape index (κ3) is 7.63. The molecule has 2 aromatic carbocycles. The number of aryl methyl sites for hydroxylation is 1. The van der Waals surface area contributed by atoms with Gasteiger partial charge in [-0.2, -0.15) is 5.26 Å². The van der Waals surface area contributed by atoms with Crippen molar-refractivity contribution in [3.8, 4) is 6.07 Å². The topological polar surface area (TPSA) is 27.0 Å². The summed E-state index contributed by atoms with van der Waals surface area (Å²) in [5.41, 5.74) is 3.96. The van der Waals surface area contributed by atoms with Gasteiger partial charge in [-0.3, -0.25) is 0 Å². The minimum absolute atomic E-state index is 0.132. The van der Waals surface area contributed by atoms with Gasteiger partial charge in [-0.15, -0.1) is 0 Å². The zero-order chi connectivity index (χ0) is 21.1. The molecule has 1 aliphatic carbocycles. The fraction of sp³-hybridized carbons (Fsp3) is 0.500. The number of hydrogen-bond donors (Lipinski definition) is 0. The molecule has 0 aliphatic heterocycles. The van der Waals surface area contributed by atoms with Crippen molar-refractivity contribution in [1.29, 1.82) is 5.26 Å². The van der Waals surface area contributed by atoms with Crippen molar-refractivity contribution in [2.75, 3.05) is 13.6 Å². The molecule has 1 fully saturated rings. The normalized spacial score (nSPS) is 19.3. The van der Waals surface area contributed by atoms with E-state index in [2.05, 4.69) is 73.5 Å². The van der Waals surface area contributed by atoms with E-state index < -0.39 is 6.17 Å². The highest BCUT2D eigenvalue weighted by Crippen LogP contribution is 2.36. The maximum Gasteiger partial charge on any atom is 0.107 e. The van der Waals surface area contributed by atoms with Gasteiger partial charge in [-0.25, -0.2) is 4.39 Å². The van der Waals surface area contributed by atoms with Crippen LogP contribution in [0.5, 0.6) is 0 Å². The van der Waals surface area contributed by atoms with E-state index in [4.69, 9.17) is 5.26 Å². The summed E-state index contributed by atoms with van der Waals surface area (Å²) >= 11 is 0. The average molecular weight is 395 g/mol. The number of nitriles is 1. The van der Waals surface area contributed by atoms with Gasteiger partial charge in [0.15, 0.2) is 0 Å². The molecule has 3 heteroatoms. The summed E-state index contributed by atoms with van der Waals surface area (Å²) in [5.74, 6) is 0.132. The Balaban J connectivity index is 0.000000941. The number of likely N-dealkylation sites (N-methyl/N-ethyl adjacent to an activating group) is 1. The molecule has 2 aromatic rings. The number of nitrogens with zero attached hydrogens (tertiary/aromatic N) is 2. The summed E-state index contributed by atoms with van der Waals surface area (Å²) in [6.45, 7) is 4.83. The minimum Gasteiger partial charge on any atom is -0.303 e. The summed E-state index contributed by atoms with van der Waals surface area (Å²) in [5, 5.41) is 7.32. The van der Waals surface area contributed by atoms with Crippen molar-refractivity contribution in [3.63, 3.8) is 0 Å². The highest BCUT2D eigenvalue weighted by molar-refractivity contribution is 5.27. The zero-order valence-corrected chi connectivity index (χ0v) is 18.2. The first-order valence-corrected chi connectivity index (χ1v) is 10.8. The molecule has 0 amide bonds. The van der Waals surface area contributed by atoms with Gasteiger partial charge in [-0.1, -0.05) is 54.6 Å². The van der Waals surface area contributed by atoms with Crippen LogP contribution in [0.2, 0.25) is 0 Å². The number of benzene rings is 2. The van der Waals surface area contributed by atoms with Crippen LogP contribution in [0.3, 0.4) is 0 Å². The molecule has 1 aliphatic rings. The Hall–Kier alpha value is -2.18. The molecule has 3 rings (SSSR count). The third-order valence-electron chi connectivity index (χ3n) is 6.04. The molecule has 0 aromatic heterocycles. The van der Waals surface area contributed by atoms with Gasteiger partial charge in [0, 0.05) is 25.4 Å². The molecule has 3 atom stereocenters. The maximum absolute atomic E-state index is 13.9. The highest BCUT2D eigenvalue weighted by atomic mass is 19.1. The lowest BCUT2D eigenvalue weighted by atomic mass is 9.94. The Bertz CT molecular complexity index is 736. The standard InChI is InChI=1S/C24H32FN.C2H3N/c1-19(26(2)18-17-20-7-4-3-5-8-20)11-12-21-13-15-22(16-14-21)23-9-6-10-24(23)25;1-2-3/h3-5,7-8,13-16,19,23-24H,6,9-12,17-18H2,1-2H3;1H3. The summed E-state index contributed by atoms with van der Waals surface area (Å²) in [4.78, 5) is 2.45. The fourth-order valence-electron chi connectivity index (χ4n) is 3.99. The lowest BCUT2D eigenvalue weighted by molar-refractivity contribution is 0.249. The van der Waals surface area contributed by atoms with Crippen LogP contribution in [-0.2, 0) is 12.8 Å². The fourth-order valence-corrected chi connectivity index (χ4v) is 3.99. The molecule has 3 unspecified atom stereocenters. The molecule has 0 spiro atoms. The molecule has 2 nitrogen and oxygen atoms in total. The summed E-state index contributed by atoms with van der Waals surface area (Å²) in [6, 6.07) is 21.7. The lowest BCUT2D eigenvalue weighted by Gasteiger charge is -2.25. The van der Waals surface area contributed by atoms with E-state index >= 15 is 0 Å². The van der Waals surface area contributed by atoms with E-state index in [0.29, 0.717) is 6.04 Å². The van der Waals surface area contributed by atoms with Crippen LogP contribution in [0.25, 0.3) is 0 Å². The smallest absolute Gasteiger partial charge is 0.107 e. The van der Waals surface area contributed by atoms with E-state index in [9.17, 15) is 4.39 Å². The first-order chi connectivity index (χ1) is 14.0. The van der Waals surface area contributed by atoms with Gasteiger partial charge in [0.05, 0.1) is 6.07 Å². The SMILES string of the molecule is CC#N.CC(CCc1ccc(C2CCCC2F)cc1)N(C)CCc1ccccc1. The van der Waals surface area contributed by atoms with E-state index in [1.807, 2.05) is 0 Å². The minimum atomic E-state index is -0.640. The van der Waals surface area contributed by atoms with Crippen LogP contribution in [0, 0.1) is 11.3 Å². The molecule has 1 saturated carbocycles. The molecule has 0 N–H and O–H groups in total. The van der Waals surface area contributed by atoms with Gasteiger partial charge < -0.3 is 4.90 Å². The van der Waals surface area contributed by atoms with Crippen molar-refractivity contribution in [2.24, 2.45) is 0 Å². The Morgan fingerprint density at radius 2 is 1.66 bits per heavy atom. The van der Waals surface area contributed by atoms with Gasteiger partial charge in [0.1, 0.15) is 6.17 Å². The second kappa shape index (κ2) is 12.4.